The molecule has 2 heterocycles. The van der Waals surface area contributed by atoms with Crippen LogP contribution in [0.4, 0.5) is 0 Å². The second-order valence-corrected chi connectivity index (χ2v) is 7.91. The monoisotopic (exact) mass is 368 g/mol. The SMILES string of the molecule is NCC(=O)N[C@H]1CCN(S(=O)(=O)c2cccc3cncc(Cl)c23)C1. The summed E-state index contributed by atoms with van der Waals surface area (Å²) in [5, 5.41) is 4.14. The highest BCUT2D eigenvalue weighted by Crippen LogP contribution is 2.31. The van der Waals surface area contributed by atoms with Crippen molar-refractivity contribution in [1.29, 1.82) is 0 Å². The molecule has 1 aromatic carbocycles. The van der Waals surface area contributed by atoms with E-state index in [1.807, 2.05) is 0 Å². The Kier molecular flexibility index (Phi) is 4.73. The summed E-state index contributed by atoms with van der Waals surface area (Å²) >= 11 is 6.17. The Hall–Kier alpha value is -1.74. The largest absolute Gasteiger partial charge is 0.351 e. The normalized spacial score (nSPS) is 18.8. The fourth-order valence-corrected chi connectivity index (χ4v) is 4.92. The second kappa shape index (κ2) is 6.64. The molecule has 0 aliphatic carbocycles. The predicted molar refractivity (Wildman–Crippen MR) is 91.1 cm³/mol. The zero-order valence-corrected chi connectivity index (χ0v) is 14.3. The third-order valence-corrected chi connectivity index (χ3v) is 6.21. The molecule has 0 radical (unpaired) electrons. The van der Waals surface area contributed by atoms with Crippen LogP contribution in [0.2, 0.25) is 5.02 Å². The first-order valence-corrected chi connectivity index (χ1v) is 9.27. The Morgan fingerprint density at radius 3 is 2.96 bits per heavy atom. The Morgan fingerprint density at radius 2 is 2.21 bits per heavy atom. The van der Waals surface area contributed by atoms with Crippen molar-refractivity contribution in [3.8, 4) is 0 Å². The maximum atomic E-state index is 13.0. The van der Waals surface area contributed by atoms with Gasteiger partial charge in [-0.2, -0.15) is 4.31 Å². The molecule has 0 unspecified atom stereocenters. The molecular formula is C15H17ClN4O3S. The van der Waals surface area contributed by atoms with Crippen molar-refractivity contribution in [2.24, 2.45) is 5.73 Å². The van der Waals surface area contributed by atoms with Crippen LogP contribution >= 0.6 is 11.6 Å². The van der Waals surface area contributed by atoms with E-state index in [1.165, 1.54) is 16.6 Å². The molecule has 1 fully saturated rings. The summed E-state index contributed by atoms with van der Waals surface area (Å²) in [7, 11) is -3.72. The molecule has 2 aromatic rings. The fourth-order valence-electron chi connectivity index (χ4n) is 2.86. The number of pyridine rings is 1. The maximum absolute atomic E-state index is 13.0. The summed E-state index contributed by atoms with van der Waals surface area (Å²) in [6.07, 6.45) is 3.55. The molecule has 0 saturated carbocycles. The van der Waals surface area contributed by atoms with Crippen LogP contribution in [-0.4, -0.2) is 49.3 Å². The third kappa shape index (κ3) is 3.10. The first-order valence-electron chi connectivity index (χ1n) is 7.45. The molecule has 128 valence electrons. The van der Waals surface area contributed by atoms with Gasteiger partial charge in [0.15, 0.2) is 0 Å². The van der Waals surface area contributed by atoms with Crippen LogP contribution in [0.25, 0.3) is 10.8 Å². The first kappa shape index (κ1) is 17.1. The van der Waals surface area contributed by atoms with E-state index in [2.05, 4.69) is 10.3 Å². The Morgan fingerprint density at radius 1 is 1.42 bits per heavy atom. The quantitative estimate of drug-likeness (QED) is 0.827. The summed E-state index contributed by atoms with van der Waals surface area (Å²) in [6, 6.07) is 4.73. The van der Waals surface area contributed by atoms with Gasteiger partial charge in [-0.15, -0.1) is 0 Å². The summed E-state index contributed by atoms with van der Waals surface area (Å²) in [5.41, 5.74) is 5.28. The number of hydrogen-bond donors (Lipinski definition) is 2. The highest BCUT2D eigenvalue weighted by Gasteiger charge is 2.34. The molecule has 0 bridgehead atoms. The number of halogens is 1. The van der Waals surface area contributed by atoms with Crippen molar-refractivity contribution in [3.63, 3.8) is 0 Å². The minimum Gasteiger partial charge on any atom is -0.351 e. The fraction of sp³-hybridized carbons (Fsp3) is 0.333. The molecule has 9 heteroatoms. The molecule has 1 aliphatic rings. The standard InChI is InChI=1S/C15H17ClN4O3S/c16-12-8-18-7-10-2-1-3-13(15(10)12)24(22,23)20-5-4-11(9-20)19-14(21)6-17/h1-3,7-8,11H,4-6,9,17H2,(H,19,21)/t11-/m0/s1. The molecule has 3 N–H and O–H groups in total. The van der Waals surface area contributed by atoms with Gasteiger partial charge in [-0.25, -0.2) is 8.42 Å². The highest BCUT2D eigenvalue weighted by atomic mass is 35.5. The molecule has 1 aromatic heterocycles. The van der Waals surface area contributed by atoms with Crippen molar-refractivity contribution in [3.05, 3.63) is 35.6 Å². The number of carbonyl (C=O) groups excluding carboxylic acids is 1. The number of sulfonamides is 1. The molecule has 1 aliphatic heterocycles. The molecule has 0 spiro atoms. The number of nitrogens with two attached hydrogens (primary N) is 1. The summed E-state index contributed by atoms with van der Waals surface area (Å²) < 4.78 is 27.4. The summed E-state index contributed by atoms with van der Waals surface area (Å²) in [5.74, 6) is -0.293. The van der Waals surface area contributed by atoms with Gasteiger partial charge >= 0.3 is 0 Å². The number of aromatic nitrogens is 1. The lowest BCUT2D eigenvalue weighted by Gasteiger charge is -2.18. The number of fused-ring (bicyclic) bond motifs is 1. The lowest BCUT2D eigenvalue weighted by atomic mass is 10.2. The van der Waals surface area contributed by atoms with Gasteiger partial charge in [0.05, 0.1) is 16.5 Å². The van der Waals surface area contributed by atoms with Crippen LogP contribution in [0.3, 0.4) is 0 Å². The van der Waals surface area contributed by atoms with Gasteiger partial charge in [-0.05, 0) is 12.5 Å². The van der Waals surface area contributed by atoms with Crippen molar-refractivity contribution in [2.45, 2.75) is 17.4 Å². The van der Waals surface area contributed by atoms with Gasteiger partial charge < -0.3 is 11.1 Å². The van der Waals surface area contributed by atoms with Crippen LogP contribution in [0.5, 0.6) is 0 Å². The van der Waals surface area contributed by atoms with E-state index in [1.54, 1.807) is 18.3 Å². The zero-order chi connectivity index (χ0) is 17.3. The minimum atomic E-state index is -3.72. The van der Waals surface area contributed by atoms with E-state index in [9.17, 15) is 13.2 Å². The Bertz CT molecular complexity index is 882. The second-order valence-electron chi connectivity index (χ2n) is 5.60. The maximum Gasteiger partial charge on any atom is 0.243 e. The van der Waals surface area contributed by atoms with Crippen molar-refractivity contribution in [2.75, 3.05) is 19.6 Å². The number of rotatable bonds is 4. The Labute approximate surface area is 144 Å². The van der Waals surface area contributed by atoms with Crippen LogP contribution < -0.4 is 11.1 Å². The minimum absolute atomic E-state index is 0.116. The number of amides is 1. The average Bonchev–Trinajstić information content (AvgIpc) is 3.03. The van der Waals surface area contributed by atoms with Crippen molar-refractivity contribution < 1.29 is 13.2 Å². The first-order chi connectivity index (χ1) is 11.4. The van der Waals surface area contributed by atoms with Gasteiger partial charge in [0.25, 0.3) is 0 Å². The number of benzene rings is 1. The molecular weight excluding hydrogens is 352 g/mol. The topological polar surface area (TPSA) is 105 Å². The predicted octanol–water partition coefficient (Wildman–Crippen LogP) is 0.726. The Balaban J connectivity index is 1.94. The molecule has 7 nitrogen and oxygen atoms in total. The summed E-state index contributed by atoms with van der Waals surface area (Å²) in [4.78, 5) is 15.5. The van der Waals surface area contributed by atoms with Gasteiger partial charge in [-0.3, -0.25) is 9.78 Å². The molecule has 3 rings (SSSR count). The lowest BCUT2D eigenvalue weighted by Crippen LogP contribution is -2.41. The van der Waals surface area contributed by atoms with E-state index in [0.717, 1.165) is 0 Å². The third-order valence-electron chi connectivity index (χ3n) is 4.02. The van der Waals surface area contributed by atoms with E-state index in [4.69, 9.17) is 17.3 Å². The van der Waals surface area contributed by atoms with Gasteiger partial charge in [0, 0.05) is 42.3 Å². The number of hydrogen-bond acceptors (Lipinski definition) is 5. The van der Waals surface area contributed by atoms with Crippen LogP contribution in [0, 0.1) is 0 Å². The lowest BCUT2D eigenvalue weighted by molar-refractivity contribution is -0.120. The van der Waals surface area contributed by atoms with Crippen molar-refractivity contribution >= 4 is 38.3 Å². The highest BCUT2D eigenvalue weighted by molar-refractivity contribution is 7.89. The van der Waals surface area contributed by atoms with Crippen LogP contribution in [0.1, 0.15) is 6.42 Å². The number of nitrogens with one attached hydrogen (secondary N) is 1. The van der Waals surface area contributed by atoms with Gasteiger partial charge in [0.1, 0.15) is 0 Å². The van der Waals surface area contributed by atoms with Crippen LogP contribution in [-0.2, 0) is 14.8 Å². The number of carbonyl (C=O) groups is 1. The van der Waals surface area contributed by atoms with E-state index < -0.39 is 10.0 Å². The molecule has 24 heavy (non-hydrogen) atoms. The van der Waals surface area contributed by atoms with E-state index in [-0.39, 0.29) is 29.9 Å². The van der Waals surface area contributed by atoms with E-state index in [0.29, 0.717) is 28.8 Å². The van der Waals surface area contributed by atoms with Gasteiger partial charge in [-0.1, -0.05) is 23.7 Å². The van der Waals surface area contributed by atoms with Gasteiger partial charge in [0.2, 0.25) is 15.9 Å². The zero-order valence-electron chi connectivity index (χ0n) is 12.8. The summed E-state index contributed by atoms with van der Waals surface area (Å²) in [6.45, 7) is 0.430. The average molecular weight is 369 g/mol. The van der Waals surface area contributed by atoms with Crippen molar-refractivity contribution in [1.82, 2.24) is 14.6 Å². The molecule has 1 amide bonds. The molecule has 1 saturated heterocycles. The molecule has 1 atom stereocenters. The van der Waals surface area contributed by atoms with Crippen LogP contribution in [0.15, 0.2) is 35.5 Å². The smallest absolute Gasteiger partial charge is 0.243 e. The van der Waals surface area contributed by atoms with E-state index >= 15 is 0 Å². The number of nitrogens with zero attached hydrogens (tertiary/aromatic N) is 2.